The van der Waals surface area contributed by atoms with Gasteiger partial charge in [-0.3, -0.25) is 28.5 Å². The first kappa shape index (κ1) is 42.4. The van der Waals surface area contributed by atoms with Gasteiger partial charge in [0.15, 0.2) is 0 Å². The van der Waals surface area contributed by atoms with Crippen molar-refractivity contribution < 1.29 is 45.9 Å². The van der Waals surface area contributed by atoms with Crippen molar-refractivity contribution in [1.82, 2.24) is 29.8 Å². The molecule has 0 unspecified atom stereocenters. The van der Waals surface area contributed by atoms with Gasteiger partial charge in [-0.15, -0.1) is 0 Å². The van der Waals surface area contributed by atoms with E-state index in [9.17, 15) is 41.2 Å². The fourth-order valence-corrected chi connectivity index (χ4v) is 10.9. The second-order valence-electron chi connectivity index (χ2n) is 18.9. The van der Waals surface area contributed by atoms with Crippen molar-refractivity contribution in [2.75, 3.05) is 6.54 Å². The number of benzene rings is 1. The van der Waals surface area contributed by atoms with Crippen molar-refractivity contribution in [1.29, 1.82) is 0 Å². The van der Waals surface area contributed by atoms with Crippen molar-refractivity contribution in [3.63, 3.8) is 0 Å². The molecule has 2 aliphatic heterocycles. The van der Waals surface area contributed by atoms with Crippen LogP contribution in [0.4, 0.5) is 13.6 Å². The Hall–Kier alpha value is -4.32. The number of sulfonamides is 1. The minimum Gasteiger partial charge on any atom is -0.459 e. The monoisotopic (exact) mass is 876 g/mol. The first-order valence-corrected chi connectivity index (χ1v) is 22.5. The molecular weight excluding hydrogens is 826 g/mol. The number of alkyl carbamates (subject to hydrolysis) is 1. The lowest BCUT2D eigenvalue weighted by atomic mass is 9.85. The number of allylic oxidation sites excluding steroid dienone is 2. The zero-order chi connectivity index (χ0) is 43.3. The summed E-state index contributed by atoms with van der Waals surface area (Å²) in [6.45, 7) is 7.97. The molecule has 0 radical (unpaired) electrons. The highest BCUT2D eigenvalue weighted by Gasteiger charge is 2.68. The predicted molar refractivity (Wildman–Crippen MR) is 215 cm³/mol. The largest absolute Gasteiger partial charge is 0.459 e. The van der Waals surface area contributed by atoms with Gasteiger partial charge in [-0.1, -0.05) is 51.4 Å². The third-order valence-corrected chi connectivity index (χ3v) is 16.1. The van der Waals surface area contributed by atoms with Gasteiger partial charge in [0.25, 0.3) is 17.5 Å². The van der Waals surface area contributed by atoms with E-state index in [1.807, 2.05) is 16.9 Å². The molecule has 3 N–H and O–H groups in total. The predicted octanol–water partition coefficient (Wildman–Crippen LogP) is 4.30. The Balaban J connectivity index is 1.17. The summed E-state index contributed by atoms with van der Waals surface area (Å²) in [6.07, 6.45) is 1.62. The molecule has 4 saturated carbocycles. The molecule has 1 saturated heterocycles. The standard InChI is InChI=1S/C41H51ClF2N6O9S/c1-20-29-19-50(30(20)33(51)47-41(18-26(41)32(43)44)36(54)48-60(56,57)40(5)12-13-40)35(53)31(39(2,3)4)46-38(55)59-28-16-21-15-25(21)23(28)9-7-6-8-14-49-34(52)24-11-10-22(42)17-27(24)45-37(49)58-29/h6,8,10-11,17,20-21,23,25-26,28-32H,7,9,12-16,18-19H2,1-5H3,(H,46,55)(H,47,51)(H,48,54)/b8-6+/t20-,21+,23-,25+,26+,28-,29+,30+,31-,41-/m1/s1. The van der Waals surface area contributed by atoms with E-state index in [0.717, 1.165) is 12.8 Å². The van der Waals surface area contributed by atoms with Crippen LogP contribution in [0.15, 0.2) is 35.1 Å². The summed E-state index contributed by atoms with van der Waals surface area (Å²) in [5.41, 5.74) is -3.42. The topological polar surface area (TPSA) is 195 Å². The van der Waals surface area contributed by atoms with E-state index in [4.69, 9.17) is 21.1 Å². The van der Waals surface area contributed by atoms with Crippen LogP contribution in [0.1, 0.15) is 79.6 Å². The number of carbonyl (C=O) groups excluding carboxylic acids is 4. The Morgan fingerprint density at radius 2 is 1.80 bits per heavy atom. The summed E-state index contributed by atoms with van der Waals surface area (Å²) in [6, 6.07) is 1.78. The summed E-state index contributed by atoms with van der Waals surface area (Å²) in [5, 5.41) is 5.82. The molecular formula is C41H51ClF2N6O9S. The molecule has 4 aliphatic carbocycles. The third kappa shape index (κ3) is 7.64. The van der Waals surface area contributed by atoms with Crippen LogP contribution in [-0.4, -0.2) is 94.2 Å². The lowest BCUT2D eigenvalue weighted by molar-refractivity contribution is -0.143. The lowest BCUT2D eigenvalue weighted by Crippen LogP contribution is -2.61. The Morgan fingerprint density at radius 1 is 1.07 bits per heavy atom. The molecule has 3 heterocycles. The van der Waals surface area contributed by atoms with E-state index in [-0.39, 0.29) is 54.9 Å². The molecule has 0 spiro atoms. The Morgan fingerprint density at radius 3 is 2.47 bits per heavy atom. The second kappa shape index (κ2) is 14.9. The van der Waals surface area contributed by atoms with E-state index in [1.165, 1.54) is 22.5 Å². The van der Waals surface area contributed by atoms with Gasteiger partial charge in [0.1, 0.15) is 29.8 Å². The maximum atomic E-state index is 14.9. The molecule has 5 fully saturated rings. The number of aromatic nitrogens is 2. The number of nitrogens with one attached hydrogen (secondary N) is 3. The van der Waals surface area contributed by atoms with Crippen molar-refractivity contribution in [2.24, 2.45) is 35.0 Å². The second-order valence-corrected chi connectivity index (χ2v) is 21.5. The summed E-state index contributed by atoms with van der Waals surface area (Å²) in [4.78, 5) is 76.7. The molecule has 1 aromatic heterocycles. The number of hydrogen-bond acceptors (Lipinski definition) is 10. The zero-order valence-electron chi connectivity index (χ0n) is 34.1. The fourth-order valence-electron chi connectivity index (χ4n) is 9.44. The summed E-state index contributed by atoms with van der Waals surface area (Å²) in [5.74, 6) is -4.71. The van der Waals surface area contributed by atoms with Gasteiger partial charge in [-0.05, 0) is 93.2 Å². The summed E-state index contributed by atoms with van der Waals surface area (Å²) >= 11 is 6.29. The number of ether oxygens (including phenoxy) is 2. The van der Waals surface area contributed by atoms with Gasteiger partial charge in [0.2, 0.25) is 28.3 Å². The number of hydrogen-bond donors (Lipinski definition) is 3. The Bertz CT molecular complexity index is 2330. The number of alkyl halides is 2. The molecule has 1 aromatic carbocycles. The highest BCUT2D eigenvalue weighted by molar-refractivity contribution is 7.91. The van der Waals surface area contributed by atoms with Crippen LogP contribution in [0.25, 0.3) is 10.9 Å². The molecule has 8 rings (SSSR count). The highest BCUT2D eigenvalue weighted by atomic mass is 35.5. The van der Waals surface area contributed by atoms with E-state index in [1.54, 1.807) is 39.8 Å². The van der Waals surface area contributed by atoms with Gasteiger partial charge >= 0.3 is 6.09 Å². The minimum absolute atomic E-state index is 0.0626. The van der Waals surface area contributed by atoms with Crippen LogP contribution in [0.3, 0.4) is 0 Å². The smallest absolute Gasteiger partial charge is 0.408 e. The van der Waals surface area contributed by atoms with Gasteiger partial charge in [-0.2, -0.15) is 4.98 Å². The minimum atomic E-state index is -4.27. The molecule has 326 valence electrons. The number of carbonyl (C=O) groups is 4. The molecule has 19 heteroatoms. The number of nitrogens with zero attached hydrogens (tertiary/aromatic N) is 3. The van der Waals surface area contributed by atoms with Crippen LogP contribution in [0, 0.1) is 35.0 Å². The molecule has 15 nitrogen and oxygen atoms in total. The molecule has 6 aliphatic rings. The number of amides is 4. The fraction of sp³-hybridized carbons (Fsp3) is 0.659. The van der Waals surface area contributed by atoms with Gasteiger partial charge in [0, 0.05) is 17.5 Å². The summed E-state index contributed by atoms with van der Waals surface area (Å²) < 4.78 is 69.4. The maximum Gasteiger partial charge on any atom is 0.408 e. The lowest BCUT2D eigenvalue weighted by Gasteiger charge is -2.36. The van der Waals surface area contributed by atoms with Crippen LogP contribution in [0.2, 0.25) is 5.02 Å². The van der Waals surface area contributed by atoms with Crippen molar-refractivity contribution in [3.05, 3.63) is 45.7 Å². The van der Waals surface area contributed by atoms with Crippen molar-refractivity contribution in [3.8, 4) is 6.01 Å². The average molecular weight is 877 g/mol. The number of halogens is 3. The molecule has 2 bridgehead atoms. The van der Waals surface area contributed by atoms with Crippen LogP contribution in [-0.2, 0) is 35.7 Å². The van der Waals surface area contributed by atoms with Gasteiger partial charge < -0.3 is 25.0 Å². The Kier molecular flexibility index (Phi) is 10.6. The van der Waals surface area contributed by atoms with Crippen LogP contribution < -0.4 is 25.7 Å². The van der Waals surface area contributed by atoms with Crippen molar-refractivity contribution >= 4 is 56.3 Å². The van der Waals surface area contributed by atoms with E-state index in [0.29, 0.717) is 29.7 Å². The molecule has 2 aromatic rings. The molecule has 60 heavy (non-hydrogen) atoms. The Labute approximate surface area is 351 Å². The molecule has 4 amide bonds. The number of fused-ring (bicyclic) bond motifs is 7. The number of rotatable bonds is 6. The maximum absolute atomic E-state index is 14.9. The first-order chi connectivity index (χ1) is 28.1. The zero-order valence-corrected chi connectivity index (χ0v) is 35.7. The first-order valence-electron chi connectivity index (χ1n) is 20.6. The SMILES string of the molecule is C[C@@H]1[C@@H]2CN(C(=O)[C@H](C(C)(C)C)NC(=O)O[C@@H]3C[C@@H]4C[C@@H]4[C@H]3CC/C=C/Cn3c(nc4cc(Cl)ccc4c3=O)O2)[C@@H]1C(=O)N[C@]1(C(=O)NS(=O)(=O)C2(C)CC2)C[C@H]1C(F)F. The summed E-state index contributed by atoms with van der Waals surface area (Å²) in [7, 11) is -4.27. The van der Waals surface area contributed by atoms with E-state index >= 15 is 0 Å². The third-order valence-electron chi connectivity index (χ3n) is 13.7. The van der Waals surface area contributed by atoms with Gasteiger partial charge in [0.05, 0.1) is 28.1 Å². The van der Waals surface area contributed by atoms with Gasteiger partial charge in [-0.25, -0.2) is 22.0 Å². The van der Waals surface area contributed by atoms with E-state index < -0.39 is 98.0 Å². The van der Waals surface area contributed by atoms with Crippen molar-refractivity contribution in [2.45, 2.75) is 127 Å². The average Bonchev–Trinajstić information content (AvgIpc) is 4.11. The van der Waals surface area contributed by atoms with Crippen LogP contribution in [0.5, 0.6) is 6.01 Å². The highest BCUT2D eigenvalue weighted by Crippen LogP contribution is 2.57. The molecule has 10 atom stereocenters. The van der Waals surface area contributed by atoms with E-state index in [2.05, 4.69) is 15.6 Å². The van der Waals surface area contributed by atoms with Crippen LogP contribution >= 0.6 is 11.6 Å². The quantitative estimate of drug-likeness (QED) is 0.353. The normalized spacial score (nSPS) is 34.1.